The zero-order valence-electron chi connectivity index (χ0n) is 25.3. The number of hydrogen-bond donors (Lipinski definition) is 2. The molecule has 2 heterocycles. The molecule has 2 aliphatic heterocycles. The minimum atomic E-state index is 0.268. The molecule has 2 N–H and O–H groups in total. The Kier molecular flexibility index (Phi) is 19.4. The van der Waals surface area contributed by atoms with Gasteiger partial charge in [0.2, 0.25) is 0 Å². The van der Waals surface area contributed by atoms with E-state index in [0.717, 1.165) is 43.5 Å². The molecule has 0 spiro atoms. The van der Waals surface area contributed by atoms with Gasteiger partial charge in [-0.05, 0) is 81.2 Å². The molecule has 2 aliphatic rings. The van der Waals surface area contributed by atoms with E-state index in [1.54, 1.807) is 32.4 Å². The number of carbonyl (C=O) groups is 2. The Bertz CT molecular complexity index is 1070. The highest BCUT2D eigenvalue weighted by molar-refractivity contribution is 5.75. The van der Waals surface area contributed by atoms with Crippen LogP contribution in [0, 0.1) is 0 Å². The van der Waals surface area contributed by atoms with E-state index >= 15 is 0 Å². The van der Waals surface area contributed by atoms with Gasteiger partial charge in [0.1, 0.15) is 18.8 Å². The Hall–Kier alpha value is -3.36. The average Bonchev–Trinajstić information content (AvgIpc) is 3.47. The largest absolute Gasteiger partial charge is 0.508 e. The highest BCUT2D eigenvalue weighted by atomic mass is 16.4. The van der Waals surface area contributed by atoms with Crippen LogP contribution in [0.5, 0.6) is 5.75 Å². The predicted octanol–water partition coefficient (Wildman–Crippen LogP) is 5.07. The van der Waals surface area contributed by atoms with Gasteiger partial charge in [-0.15, -0.1) is 0 Å². The summed E-state index contributed by atoms with van der Waals surface area (Å²) < 4.78 is 4.25. The summed E-state index contributed by atoms with van der Waals surface area (Å²) in [6.45, 7) is 11.4. The average molecular weight is 564 g/mol. The molecule has 0 saturated carbocycles. The Morgan fingerprint density at radius 1 is 0.902 bits per heavy atom. The molecule has 0 bridgehead atoms. The molecule has 1 atom stereocenters. The van der Waals surface area contributed by atoms with Crippen LogP contribution in [0.3, 0.4) is 0 Å². The number of ether oxygens (including phenoxy) is 1. The quantitative estimate of drug-likeness (QED) is 0.420. The second kappa shape index (κ2) is 22.3. The lowest BCUT2D eigenvalue weighted by molar-refractivity contribution is -0.0980. The van der Waals surface area contributed by atoms with Crippen molar-refractivity contribution in [3.63, 3.8) is 0 Å². The van der Waals surface area contributed by atoms with Crippen molar-refractivity contribution in [1.82, 2.24) is 15.1 Å². The lowest BCUT2D eigenvalue weighted by Crippen LogP contribution is -2.48. The van der Waals surface area contributed by atoms with Crippen molar-refractivity contribution in [3.05, 3.63) is 101 Å². The maximum absolute atomic E-state index is 10.6. The van der Waals surface area contributed by atoms with Crippen molar-refractivity contribution < 1.29 is 19.4 Å². The van der Waals surface area contributed by atoms with Gasteiger partial charge in [-0.3, -0.25) is 9.69 Å². The van der Waals surface area contributed by atoms with Crippen LogP contribution >= 0.6 is 0 Å². The molecule has 0 radical (unpaired) electrons. The van der Waals surface area contributed by atoms with Gasteiger partial charge in [-0.1, -0.05) is 60.7 Å². The first-order valence-electron chi connectivity index (χ1n) is 14.1. The second-order valence-electron chi connectivity index (χ2n) is 10.2. The van der Waals surface area contributed by atoms with Crippen molar-refractivity contribution in [3.8, 4) is 5.75 Å². The van der Waals surface area contributed by atoms with Crippen LogP contribution in [0.1, 0.15) is 46.8 Å². The third-order valence-corrected chi connectivity index (χ3v) is 6.44. The Balaban J connectivity index is 0.000000304. The van der Waals surface area contributed by atoms with Crippen LogP contribution in [0.2, 0.25) is 0 Å². The molecule has 1 unspecified atom stereocenters. The number of likely N-dealkylation sites (tertiary alicyclic amines) is 1. The molecule has 41 heavy (non-hydrogen) atoms. The fraction of sp³-hybridized carbons (Fsp3) is 0.412. The summed E-state index contributed by atoms with van der Waals surface area (Å²) in [6, 6.07) is 25.9. The van der Waals surface area contributed by atoms with E-state index in [0.29, 0.717) is 11.6 Å². The summed E-state index contributed by atoms with van der Waals surface area (Å²) in [5.41, 5.74) is 4.19. The van der Waals surface area contributed by atoms with E-state index in [1.807, 2.05) is 37.1 Å². The molecular formula is C34H49N3O4. The number of rotatable bonds is 5. The molecule has 0 aromatic heterocycles. The first-order valence-corrected chi connectivity index (χ1v) is 14.1. The molecule has 3 aromatic carbocycles. The Morgan fingerprint density at radius 3 is 2.02 bits per heavy atom. The third-order valence-electron chi connectivity index (χ3n) is 6.44. The standard InChI is InChI=1S/C14H12O2.C12H18N2.C5H11N.C2H6O.CH2O/c15-10-13-5-1-3-11(8-13)7-12-4-2-6-14(16)9-12;1-11-9-14(8-7-13-11)10-12-5-3-2-4-6-12;1-6-4-2-3-5-6;1-3-2;1-2/h1-6,8-10,16H,7H2;2-6,11,13H,7-10H2,1H3;2-5H2,1H3;1-2H3;1H2. The van der Waals surface area contributed by atoms with Crippen LogP contribution in [0.4, 0.5) is 0 Å². The molecule has 224 valence electrons. The van der Waals surface area contributed by atoms with Crippen molar-refractivity contribution in [1.29, 1.82) is 0 Å². The molecule has 7 heteroatoms. The zero-order valence-corrected chi connectivity index (χ0v) is 25.3. The number of carbonyl (C=O) groups excluding carboxylic acids is 2. The number of piperazine rings is 1. The summed E-state index contributed by atoms with van der Waals surface area (Å²) in [5.74, 6) is 0.268. The van der Waals surface area contributed by atoms with Gasteiger partial charge in [0, 0.05) is 52.0 Å². The second-order valence-corrected chi connectivity index (χ2v) is 10.2. The first kappa shape index (κ1) is 35.7. The molecule has 2 saturated heterocycles. The molecule has 3 aromatic rings. The van der Waals surface area contributed by atoms with Gasteiger partial charge in [-0.2, -0.15) is 0 Å². The highest BCUT2D eigenvalue weighted by Gasteiger charge is 2.14. The lowest BCUT2D eigenvalue weighted by Gasteiger charge is -2.31. The maximum Gasteiger partial charge on any atom is 0.150 e. The lowest BCUT2D eigenvalue weighted by atomic mass is 10.0. The minimum absolute atomic E-state index is 0.268. The Labute approximate surface area is 247 Å². The van der Waals surface area contributed by atoms with E-state index in [4.69, 9.17) is 4.79 Å². The summed E-state index contributed by atoms with van der Waals surface area (Å²) in [7, 11) is 5.42. The summed E-state index contributed by atoms with van der Waals surface area (Å²) >= 11 is 0. The van der Waals surface area contributed by atoms with Gasteiger partial charge in [-0.25, -0.2) is 0 Å². The fourth-order valence-electron chi connectivity index (χ4n) is 4.55. The van der Waals surface area contributed by atoms with Crippen molar-refractivity contribution in [2.75, 3.05) is 54.0 Å². The van der Waals surface area contributed by atoms with Gasteiger partial charge >= 0.3 is 0 Å². The number of phenols is 1. The smallest absolute Gasteiger partial charge is 0.150 e. The molecule has 5 rings (SSSR count). The summed E-state index contributed by atoms with van der Waals surface area (Å²) in [5, 5.41) is 12.8. The van der Waals surface area contributed by atoms with E-state index in [2.05, 4.69) is 64.2 Å². The predicted molar refractivity (Wildman–Crippen MR) is 169 cm³/mol. The van der Waals surface area contributed by atoms with Crippen LogP contribution in [0.25, 0.3) is 0 Å². The minimum Gasteiger partial charge on any atom is -0.508 e. The summed E-state index contributed by atoms with van der Waals surface area (Å²) in [4.78, 5) is 23.5. The van der Waals surface area contributed by atoms with E-state index in [-0.39, 0.29) is 5.75 Å². The van der Waals surface area contributed by atoms with E-state index < -0.39 is 0 Å². The normalized spacial score (nSPS) is 16.2. The van der Waals surface area contributed by atoms with Gasteiger partial charge < -0.3 is 24.9 Å². The Morgan fingerprint density at radius 2 is 1.49 bits per heavy atom. The van der Waals surface area contributed by atoms with E-state index in [9.17, 15) is 9.90 Å². The number of nitrogens with zero attached hydrogens (tertiary/aromatic N) is 2. The zero-order chi connectivity index (χ0) is 30.3. The number of aromatic hydroxyl groups is 1. The number of nitrogens with one attached hydrogen (secondary N) is 1. The van der Waals surface area contributed by atoms with Crippen LogP contribution in [-0.4, -0.2) is 88.0 Å². The van der Waals surface area contributed by atoms with Gasteiger partial charge in [0.25, 0.3) is 0 Å². The van der Waals surface area contributed by atoms with Gasteiger partial charge in [0.15, 0.2) is 0 Å². The highest BCUT2D eigenvalue weighted by Crippen LogP contribution is 2.15. The molecule has 0 amide bonds. The number of phenolic OH excluding ortho intramolecular Hbond substituents is 1. The number of methoxy groups -OCH3 is 1. The molecule has 0 aliphatic carbocycles. The van der Waals surface area contributed by atoms with Crippen molar-refractivity contribution >= 4 is 13.1 Å². The third kappa shape index (κ3) is 16.5. The number of hydrogen-bond acceptors (Lipinski definition) is 7. The number of aldehydes is 1. The van der Waals surface area contributed by atoms with Crippen molar-refractivity contribution in [2.45, 2.75) is 38.8 Å². The number of benzene rings is 3. The van der Waals surface area contributed by atoms with Crippen LogP contribution < -0.4 is 5.32 Å². The van der Waals surface area contributed by atoms with E-state index in [1.165, 1.54) is 38.0 Å². The van der Waals surface area contributed by atoms with Crippen LogP contribution in [0.15, 0.2) is 78.9 Å². The molecule has 2 fully saturated rings. The topological polar surface area (TPSA) is 82.1 Å². The summed E-state index contributed by atoms with van der Waals surface area (Å²) in [6.07, 6.45) is 4.38. The molecular weight excluding hydrogens is 514 g/mol. The van der Waals surface area contributed by atoms with Crippen molar-refractivity contribution in [2.24, 2.45) is 0 Å². The van der Waals surface area contributed by atoms with Gasteiger partial charge in [0.05, 0.1) is 0 Å². The van der Waals surface area contributed by atoms with Crippen LogP contribution in [-0.2, 0) is 22.5 Å². The molecule has 7 nitrogen and oxygen atoms in total. The fourth-order valence-corrected chi connectivity index (χ4v) is 4.55. The maximum atomic E-state index is 10.6. The first-order chi connectivity index (χ1) is 19.9. The SMILES string of the molecule is C=O.CC1CN(Cc2ccccc2)CCN1.CN1CCCC1.COC.O=Cc1cccc(Cc2cccc(O)c2)c1. The monoisotopic (exact) mass is 563 g/mol.